The molecule has 1 rings (SSSR count). The second-order valence-electron chi connectivity index (χ2n) is 9.78. The number of rotatable bonds is 22. The molecule has 1 unspecified atom stereocenters. The van der Waals surface area contributed by atoms with E-state index in [1.165, 1.54) is 19.1 Å². The number of hydrogen-bond acceptors (Lipinski definition) is 6. The molecule has 0 aliphatic heterocycles. The van der Waals surface area contributed by atoms with Crippen LogP contribution in [-0.2, 0) is 19.1 Å². The maximum Gasteiger partial charge on any atom is 0.341 e. The second kappa shape index (κ2) is 25.1. The number of esters is 2. The quantitative estimate of drug-likeness (QED) is 0.0605. The number of carbonyl (C=O) groups is 4. The monoisotopic (exact) mass is 605 g/mol. The van der Waals surface area contributed by atoms with Gasteiger partial charge in [0.1, 0.15) is 17.4 Å². The van der Waals surface area contributed by atoms with E-state index in [9.17, 15) is 24.3 Å². The Balaban J connectivity index is 2.21. The molecule has 2 N–H and O–H groups in total. The summed E-state index contributed by atoms with van der Waals surface area (Å²) in [5, 5.41) is 12.0. The first kappa shape index (κ1) is 37.6. The largest absolute Gasteiger partial charge is 0.480 e. The zero-order valence-corrected chi connectivity index (χ0v) is 26.0. The Kier molecular flexibility index (Phi) is 21.4. The molecule has 0 heterocycles. The lowest BCUT2D eigenvalue weighted by molar-refractivity contribution is -0.142. The van der Waals surface area contributed by atoms with Crippen molar-refractivity contribution in [3.8, 4) is 5.75 Å². The minimum atomic E-state index is -1.15. The molecule has 0 spiro atoms. The normalized spacial score (nSPS) is 12.7. The van der Waals surface area contributed by atoms with Crippen molar-refractivity contribution in [3.05, 3.63) is 103 Å². The number of carbonyl (C=O) groups excluding carboxylic acids is 3. The van der Waals surface area contributed by atoms with E-state index in [1.807, 2.05) is 12.2 Å². The summed E-state index contributed by atoms with van der Waals surface area (Å²) in [7, 11) is 0. The van der Waals surface area contributed by atoms with Gasteiger partial charge in [0.25, 0.3) is 0 Å². The second-order valence-corrected chi connectivity index (χ2v) is 9.78. The van der Waals surface area contributed by atoms with Crippen LogP contribution in [-0.4, -0.2) is 41.6 Å². The summed E-state index contributed by atoms with van der Waals surface area (Å²) in [6, 6.07) is 5.10. The summed E-state index contributed by atoms with van der Waals surface area (Å²) >= 11 is 0. The lowest BCUT2D eigenvalue weighted by Crippen LogP contribution is -2.40. The number of ether oxygens (including phenoxy) is 2. The van der Waals surface area contributed by atoms with Gasteiger partial charge in [-0.25, -0.2) is 9.59 Å². The van der Waals surface area contributed by atoms with Crippen molar-refractivity contribution in [2.24, 2.45) is 0 Å². The van der Waals surface area contributed by atoms with Crippen LogP contribution in [0.5, 0.6) is 5.75 Å². The highest BCUT2D eigenvalue weighted by atomic mass is 16.5. The highest BCUT2D eigenvalue weighted by molar-refractivity contribution is 5.93. The summed E-state index contributed by atoms with van der Waals surface area (Å²) in [5.41, 5.74) is 0.0974. The van der Waals surface area contributed by atoms with E-state index in [0.717, 1.165) is 38.5 Å². The molecule has 238 valence electrons. The molecule has 0 fully saturated rings. The maximum absolute atomic E-state index is 12.3. The van der Waals surface area contributed by atoms with Crippen LogP contribution in [0.3, 0.4) is 0 Å². The molecule has 44 heavy (non-hydrogen) atoms. The predicted octanol–water partition coefficient (Wildman–Crippen LogP) is 7.60. The van der Waals surface area contributed by atoms with Crippen molar-refractivity contribution in [2.75, 3.05) is 6.61 Å². The number of benzene rings is 1. The van der Waals surface area contributed by atoms with E-state index in [4.69, 9.17) is 9.47 Å². The van der Waals surface area contributed by atoms with Gasteiger partial charge in [0.15, 0.2) is 0 Å². The third-order valence-corrected chi connectivity index (χ3v) is 6.00. The molecule has 8 heteroatoms. The Labute approximate surface area is 261 Å². The molecule has 8 nitrogen and oxygen atoms in total. The number of aliphatic carboxylic acids is 1. The number of amides is 1. The fourth-order valence-corrected chi connectivity index (χ4v) is 3.79. The van der Waals surface area contributed by atoms with E-state index in [-0.39, 0.29) is 43.1 Å². The molecule has 0 aromatic heterocycles. The summed E-state index contributed by atoms with van der Waals surface area (Å²) in [5.74, 6) is -2.67. The standard InChI is InChI=1S/C36H47NO7/c1-3-4-5-6-7-8-9-10-11-12-13-14-15-16-17-18-19-20-21-28-34(39)37-32(35(40)41)26-24-29-43-36(42)31-25-22-23-27-33(31)44-30(2)38/h4-5,7-8,10-11,13-14,16-17,19-20,22-23,25,27,32H,3,6,9,12,15,18,21,24,26,28-29H2,1-2H3,(H,37,39)(H,40,41)/b5-4-,8-7-,11-10-,14-13-,17-16-,20-19-. The van der Waals surface area contributed by atoms with E-state index < -0.39 is 23.9 Å². The minimum absolute atomic E-state index is 0.0502. The van der Waals surface area contributed by atoms with Crippen molar-refractivity contribution in [1.82, 2.24) is 5.32 Å². The predicted molar refractivity (Wildman–Crippen MR) is 174 cm³/mol. The van der Waals surface area contributed by atoms with Crippen LogP contribution in [0.1, 0.15) is 88.4 Å². The third kappa shape index (κ3) is 19.6. The van der Waals surface area contributed by atoms with Crippen LogP contribution < -0.4 is 10.1 Å². The number of carboxylic acids is 1. The van der Waals surface area contributed by atoms with Crippen LogP contribution in [0.25, 0.3) is 0 Å². The van der Waals surface area contributed by atoms with Crippen LogP contribution in [0.2, 0.25) is 0 Å². The molecule has 1 amide bonds. The fraction of sp³-hybridized carbons (Fsp3) is 0.389. The number of nitrogens with one attached hydrogen (secondary N) is 1. The molecule has 1 aromatic rings. The van der Waals surface area contributed by atoms with Crippen molar-refractivity contribution < 1.29 is 33.8 Å². The molecular formula is C36H47NO7. The average Bonchev–Trinajstić information content (AvgIpc) is 2.99. The molecule has 0 aliphatic rings. The van der Waals surface area contributed by atoms with Gasteiger partial charge in [-0.2, -0.15) is 0 Å². The van der Waals surface area contributed by atoms with Crippen molar-refractivity contribution in [2.45, 2.75) is 84.1 Å². The number of para-hydroxylation sites is 1. The highest BCUT2D eigenvalue weighted by Gasteiger charge is 2.20. The van der Waals surface area contributed by atoms with Crippen LogP contribution in [0.4, 0.5) is 0 Å². The smallest absolute Gasteiger partial charge is 0.341 e. The van der Waals surface area contributed by atoms with E-state index in [2.05, 4.69) is 73.0 Å². The van der Waals surface area contributed by atoms with E-state index in [1.54, 1.807) is 12.1 Å². The van der Waals surface area contributed by atoms with Gasteiger partial charge >= 0.3 is 17.9 Å². The van der Waals surface area contributed by atoms with Crippen molar-refractivity contribution >= 4 is 23.8 Å². The van der Waals surface area contributed by atoms with Crippen LogP contribution in [0.15, 0.2) is 97.2 Å². The van der Waals surface area contributed by atoms with Gasteiger partial charge < -0.3 is 19.9 Å². The molecule has 0 saturated carbocycles. The lowest BCUT2D eigenvalue weighted by atomic mass is 10.1. The number of allylic oxidation sites excluding steroid dienone is 12. The first-order valence-corrected chi connectivity index (χ1v) is 15.2. The summed E-state index contributed by atoms with van der Waals surface area (Å²) < 4.78 is 10.2. The first-order chi connectivity index (χ1) is 21.3. The van der Waals surface area contributed by atoms with Crippen molar-refractivity contribution in [1.29, 1.82) is 0 Å². The van der Waals surface area contributed by atoms with Gasteiger partial charge in [-0.15, -0.1) is 0 Å². The van der Waals surface area contributed by atoms with E-state index in [0.29, 0.717) is 6.42 Å². The van der Waals surface area contributed by atoms with Crippen molar-refractivity contribution in [3.63, 3.8) is 0 Å². The molecular weight excluding hydrogens is 558 g/mol. The molecule has 1 atom stereocenters. The molecule has 0 aliphatic carbocycles. The SMILES string of the molecule is CC/C=C\C/C=C\C/C=C\C/C=C\C/C=C\C/C=C\CCC(=O)NC(CCCOC(=O)c1ccccc1OC(C)=O)C(=O)O. The van der Waals surface area contributed by atoms with Gasteiger partial charge in [0, 0.05) is 13.3 Å². The third-order valence-electron chi connectivity index (χ3n) is 6.00. The molecule has 0 bridgehead atoms. The summed E-state index contributed by atoms with van der Waals surface area (Å²) in [6.45, 7) is 3.31. The van der Waals surface area contributed by atoms with Crippen LogP contribution >= 0.6 is 0 Å². The highest BCUT2D eigenvalue weighted by Crippen LogP contribution is 2.19. The number of carboxylic acid groups (broad SMARTS) is 1. The Morgan fingerprint density at radius 1 is 0.795 bits per heavy atom. The van der Waals surface area contributed by atoms with E-state index >= 15 is 0 Å². The Morgan fingerprint density at radius 3 is 1.84 bits per heavy atom. The topological polar surface area (TPSA) is 119 Å². The molecule has 1 aromatic carbocycles. The van der Waals surface area contributed by atoms with Gasteiger partial charge in [-0.1, -0.05) is 92.0 Å². The number of hydrogen-bond donors (Lipinski definition) is 2. The maximum atomic E-state index is 12.3. The minimum Gasteiger partial charge on any atom is -0.480 e. The fourth-order valence-electron chi connectivity index (χ4n) is 3.79. The summed E-state index contributed by atoms with van der Waals surface area (Å²) in [6.07, 6.45) is 32.0. The van der Waals surface area contributed by atoms with Gasteiger partial charge in [-0.05, 0) is 69.9 Å². The van der Waals surface area contributed by atoms with Crippen LogP contribution in [0, 0.1) is 0 Å². The molecule has 0 saturated heterocycles. The zero-order chi connectivity index (χ0) is 32.3. The first-order valence-electron chi connectivity index (χ1n) is 15.2. The lowest BCUT2D eigenvalue weighted by Gasteiger charge is -2.14. The Bertz CT molecular complexity index is 1190. The van der Waals surface area contributed by atoms with Gasteiger partial charge in [-0.3, -0.25) is 9.59 Å². The Morgan fingerprint density at radius 2 is 1.32 bits per heavy atom. The summed E-state index contributed by atoms with van der Waals surface area (Å²) in [4.78, 5) is 47.4. The van der Waals surface area contributed by atoms with Gasteiger partial charge in [0.05, 0.1) is 6.61 Å². The van der Waals surface area contributed by atoms with Gasteiger partial charge in [0.2, 0.25) is 5.91 Å². The zero-order valence-electron chi connectivity index (χ0n) is 26.0. The average molecular weight is 606 g/mol. The molecule has 0 radical (unpaired) electrons. The Hall–Kier alpha value is -4.46.